The lowest BCUT2D eigenvalue weighted by molar-refractivity contribution is 0.628. The maximum absolute atomic E-state index is 13.0. The van der Waals surface area contributed by atoms with Gasteiger partial charge in [0.2, 0.25) is 0 Å². The van der Waals surface area contributed by atoms with Crippen LogP contribution < -0.4 is 10.6 Å². The highest BCUT2D eigenvalue weighted by Crippen LogP contribution is 2.28. The van der Waals surface area contributed by atoms with Gasteiger partial charge in [-0.3, -0.25) is 4.98 Å². The van der Waals surface area contributed by atoms with Crippen molar-refractivity contribution in [3.05, 3.63) is 53.6 Å². The number of nitrogens with zero attached hydrogens (tertiary/aromatic N) is 2. The second kappa shape index (κ2) is 5.80. The summed E-state index contributed by atoms with van der Waals surface area (Å²) in [4.78, 5) is 6.38. The molecule has 0 spiro atoms. The first-order chi connectivity index (χ1) is 9.15. The summed E-state index contributed by atoms with van der Waals surface area (Å²) < 4.78 is 13.0. The fraction of sp³-hybridized carbons (Fsp3) is 0.267. The van der Waals surface area contributed by atoms with Crippen LogP contribution in [0.3, 0.4) is 0 Å². The van der Waals surface area contributed by atoms with Crippen LogP contribution in [-0.2, 0) is 6.54 Å². The van der Waals surface area contributed by atoms with Crippen LogP contribution in [-0.4, -0.2) is 11.5 Å². The van der Waals surface area contributed by atoms with E-state index >= 15 is 0 Å². The molecule has 0 unspecified atom stereocenters. The molecule has 0 amide bonds. The summed E-state index contributed by atoms with van der Waals surface area (Å²) in [6.07, 6.45) is 1.80. The lowest BCUT2D eigenvalue weighted by atomic mass is 10.1. The minimum Gasteiger partial charge on any atom is -0.341 e. The van der Waals surface area contributed by atoms with Gasteiger partial charge in [0.25, 0.3) is 0 Å². The molecule has 4 heteroatoms. The third kappa shape index (κ3) is 2.90. The van der Waals surface area contributed by atoms with Crippen molar-refractivity contribution in [1.82, 2.24) is 4.98 Å². The van der Waals surface area contributed by atoms with Gasteiger partial charge in [-0.2, -0.15) is 0 Å². The molecule has 2 N–H and O–H groups in total. The van der Waals surface area contributed by atoms with Crippen LogP contribution in [0.1, 0.15) is 18.2 Å². The van der Waals surface area contributed by atoms with Gasteiger partial charge < -0.3 is 10.6 Å². The van der Waals surface area contributed by atoms with E-state index in [4.69, 9.17) is 5.73 Å². The Morgan fingerprint density at radius 3 is 2.53 bits per heavy atom. The Balaban J connectivity index is 2.47. The van der Waals surface area contributed by atoms with Crippen molar-refractivity contribution in [2.45, 2.75) is 20.4 Å². The second-order valence-corrected chi connectivity index (χ2v) is 4.38. The second-order valence-electron chi connectivity index (χ2n) is 4.38. The highest BCUT2D eigenvalue weighted by atomic mass is 19.1. The number of rotatable bonds is 4. The number of aromatic nitrogens is 1. The molecule has 3 nitrogen and oxygen atoms in total. The number of halogens is 1. The third-order valence-electron chi connectivity index (χ3n) is 3.06. The predicted molar refractivity (Wildman–Crippen MR) is 75.9 cm³/mol. The minimum absolute atomic E-state index is 0.232. The lowest BCUT2D eigenvalue weighted by Crippen LogP contribution is -2.19. The Kier molecular flexibility index (Phi) is 4.12. The number of anilines is 2. The van der Waals surface area contributed by atoms with E-state index in [9.17, 15) is 4.39 Å². The molecule has 0 aliphatic carbocycles. The van der Waals surface area contributed by atoms with Gasteiger partial charge in [0.15, 0.2) is 0 Å². The maximum Gasteiger partial charge on any atom is 0.123 e. The molecule has 0 fully saturated rings. The molecule has 0 saturated carbocycles. The Morgan fingerprint density at radius 2 is 1.95 bits per heavy atom. The van der Waals surface area contributed by atoms with E-state index in [2.05, 4.69) is 16.8 Å². The number of hydrogen-bond donors (Lipinski definition) is 1. The first-order valence-corrected chi connectivity index (χ1v) is 6.34. The molecule has 0 atom stereocenters. The van der Waals surface area contributed by atoms with Gasteiger partial charge in [0, 0.05) is 41.9 Å². The Labute approximate surface area is 112 Å². The molecule has 1 heterocycles. The van der Waals surface area contributed by atoms with Gasteiger partial charge in [-0.05, 0) is 44.2 Å². The van der Waals surface area contributed by atoms with E-state index in [1.165, 1.54) is 12.1 Å². The zero-order valence-electron chi connectivity index (χ0n) is 11.2. The third-order valence-corrected chi connectivity index (χ3v) is 3.06. The number of benzene rings is 1. The summed E-state index contributed by atoms with van der Waals surface area (Å²) in [6, 6.07) is 8.49. The number of aryl methyl sites for hydroxylation is 1. The molecule has 19 heavy (non-hydrogen) atoms. The Bertz CT molecular complexity index is 552. The molecule has 0 saturated heterocycles. The summed E-state index contributed by atoms with van der Waals surface area (Å²) in [5.74, 6) is -0.232. The van der Waals surface area contributed by atoms with E-state index in [1.807, 2.05) is 13.0 Å². The molecule has 1 aromatic carbocycles. The average Bonchev–Trinajstić information content (AvgIpc) is 2.42. The van der Waals surface area contributed by atoms with E-state index in [-0.39, 0.29) is 5.82 Å². The van der Waals surface area contributed by atoms with Crippen molar-refractivity contribution in [2.75, 3.05) is 11.4 Å². The van der Waals surface area contributed by atoms with Crippen LogP contribution in [0.15, 0.2) is 36.5 Å². The fourth-order valence-electron chi connectivity index (χ4n) is 2.10. The number of pyridine rings is 1. The molecule has 100 valence electrons. The van der Waals surface area contributed by atoms with Crippen LogP contribution in [0.25, 0.3) is 0 Å². The van der Waals surface area contributed by atoms with Gasteiger partial charge in [-0.1, -0.05) is 0 Å². The van der Waals surface area contributed by atoms with Gasteiger partial charge in [0.05, 0.1) is 0 Å². The number of nitrogens with two attached hydrogens (primary N) is 1. The van der Waals surface area contributed by atoms with E-state index in [0.29, 0.717) is 6.54 Å². The fourth-order valence-corrected chi connectivity index (χ4v) is 2.10. The van der Waals surface area contributed by atoms with Crippen molar-refractivity contribution in [3.63, 3.8) is 0 Å². The van der Waals surface area contributed by atoms with Crippen LogP contribution in [0.5, 0.6) is 0 Å². The highest BCUT2D eigenvalue weighted by Gasteiger charge is 2.12. The van der Waals surface area contributed by atoms with Crippen molar-refractivity contribution >= 4 is 11.4 Å². The predicted octanol–water partition coefficient (Wildman–Crippen LogP) is 3.15. The summed E-state index contributed by atoms with van der Waals surface area (Å²) in [6.45, 7) is 5.21. The molecule has 0 aliphatic rings. The maximum atomic E-state index is 13.0. The summed E-state index contributed by atoms with van der Waals surface area (Å²) in [5.41, 5.74) is 9.67. The van der Waals surface area contributed by atoms with E-state index < -0.39 is 0 Å². The summed E-state index contributed by atoms with van der Waals surface area (Å²) >= 11 is 0. The Hall–Kier alpha value is -1.94. The van der Waals surface area contributed by atoms with Crippen molar-refractivity contribution in [2.24, 2.45) is 5.73 Å². The molecule has 0 radical (unpaired) electrons. The van der Waals surface area contributed by atoms with Gasteiger partial charge >= 0.3 is 0 Å². The molecule has 2 aromatic rings. The molecular weight excluding hydrogens is 241 g/mol. The molecule has 2 rings (SSSR count). The van der Waals surface area contributed by atoms with Gasteiger partial charge in [-0.15, -0.1) is 0 Å². The lowest BCUT2D eigenvalue weighted by Gasteiger charge is -2.25. The number of hydrogen-bond acceptors (Lipinski definition) is 3. The van der Waals surface area contributed by atoms with Crippen molar-refractivity contribution in [3.8, 4) is 0 Å². The van der Waals surface area contributed by atoms with Crippen LogP contribution in [0, 0.1) is 12.7 Å². The van der Waals surface area contributed by atoms with Crippen LogP contribution in [0.4, 0.5) is 15.8 Å². The zero-order chi connectivity index (χ0) is 13.8. The normalized spacial score (nSPS) is 10.5. The molecule has 0 aliphatic heterocycles. The van der Waals surface area contributed by atoms with Crippen molar-refractivity contribution in [1.29, 1.82) is 0 Å². The van der Waals surface area contributed by atoms with E-state index in [0.717, 1.165) is 29.2 Å². The molecular formula is C15H18FN3. The summed E-state index contributed by atoms with van der Waals surface area (Å²) in [7, 11) is 0. The average molecular weight is 259 g/mol. The highest BCUT2D eigenvalue weighted by molar-refractivity contribution is 5.66. The summed E-state index contributed by atoms with van der Waals surface area (Å²) in [5, 5.41) is 0. The largest absolute Gasteiger partial charge is 0.341 e. The molecule has 0 bridgehead atoms. The SMILES string of the molecule is CCN(c1ccc(F)cc1)c1cc(C)ncc1CN. The van der Waals surface area contributed by atoms with E-state index in [1.54, 1.807) is 18.3 Å². The minimum atomic E-state index is -0.232. The van der Waals surface area contributed by atoms with Crippen LogP contribution >= 0.6 is 0 Å². The Morgan fingerprint density at radius 1 is 1.26 bits per heavy atom. The van der Waals surface area contributed by atoms with Crippen molar-refractivity contribution < 1.29 is 4.39 Å². The topological polar surface area (TPSA) is 42.2 Å². The van der Waals surface area contributed by atoms with Gasteiger partial charge in [-0.25, -0.2) is 4.39 Å². The zero-order valence-corrected chi connectivity index (χ0v) is 11.2. The smallest absolute Gasteiger partial charge is 0.123 e. The first-order valence-electron chi connectivity index (χ1n) is 6.34. The standard InChI is InChI=1S/C15H18FN3/c1-3-19(14-6-4-13(16)5-7-14)15-8-11(2)18-10-12(15)9-17/h4-8,10H,3,9,17H2,1-2H3. The monoisotopic (exact) mass is 259 g/mol. The quantitative estimate of drug-likeness (QED) is 0.917. The first kappa shape index (κ1) is 13.5. The van der Waals surface area contributed by atoms with Crippen LogP contribution in [0.2, 0.25) is 0 Å². The van der Waals surface area contributed by atoms with Gasteiger partial charge in [0.1, 0.15) is 5.82 Å². The molecule has 1 aromatic heterocycles.